The first-order valence-corrected chi connectivity index (χ1v) is 19.3. The number of aliphatic hydroxyl groups excluding tert-OH is 1. The maximum atomic E-state index is 14.5. The van der Waals surface area contributed by atoms with E-state index in [1.54, 1.807) is 20.1 Å². The molecule has 14 heteroatoms. The second kappa shape index (κ2) is 15.6. The number of carbonyl (C=O) groups excluding carboxylic acids is 4. The SMILES string of the molecule is CC.CC(C)CC(=O)O.CO[C@H]1CCC2(O)C(=O)C(OC(C)=O)C3C4C(OC(C)=O)C5C([C@H](CC(=O)O)C=C6OC(=O)C(O)C65C)C4(C)CCC3C2(C)C1. The number of aliphatic hydroxyl groups is 2. The van der Waals surface area contributed by atoms with Crippen LogP contribution in [0.4, 0.5) is 0 Å². The molecule has 5 aliphatic carbocycles. The van der Waals surface area contributed by atoms with Crippen LogP contribution < -0.4 is 0 Å². The van der Waals surface area contributed by atoms with Gasteiger partial charge in [-0.1, -0.05) is 41.5 Å². The minimum absolute atomic E-state index is 0.139. The van der Waals surface area contributed by atoms with Crippen molar-refractivity contribution in [2.24, 2.45) is 57.7 Å². The zero-order chi connectivity index (χ0) is 40.9. The molecule has 0 aromatic rings. The van der Waals surface area contributed by atoms with Crippen LogP contribution in [0.25, 0.3) is 0 Å². The van der Waals surface area contributed by atoms with Crippen LogP contribution in [0.3, 0.4) is 0 Å². The first-order chi connectivity index (χ1) is 25.1. The number of ketones is 1. The number of methoxy groups -OCH3 is 1. The van der Waals surface area contributed by atoms with E-state index in [-0.39, 0.29) is 43.0 Å². The van der Waals surface area contributed by atoms with Crippen LogP contribution in [0.5, 0.6) is 0 Å². The lowest BCUT2D eigenvalue weighted by molar-refractivity contribution is -0.243. The van der Waals surface area contributed by atoms with Gasteiger partial charge in [0, 0.05) is 50.5 Å². The summed E-state index contributed by atoms with van der Waals surface area (Å²) < 4.78 is 23.3. The summed E-state index contributed by atoms with van der Waals surface area (Å²) >= 11 is 0. The molecule has 304 valence electrons. The van der Waals surface area contributed by atoms with Gasteiger partial charge in [-0.25, -0.2) is 4.79 Å². The van der Waals surface area contributed by atoms with Gasteiger partial charge < -0.3 is 39.4 Å². The number of carbonyl (C=O) groups is 6. The van der Waals surface area contributed by atoms with E-state index >= 15 is 0 Å². The van der Waals surface area contributed by atoms with E-state index in [0.29, 0.717) is 25.7 Å². The second-order valence-corrected chi connectivity index (χ2v) is 17.0. The van der Waals surface area contributed by atoms with E-state index < -0.39 is 105 Å². The van der Waals surface area contributed by atoms with Crippen LogP contribution in [0.1, 0.15) is 107 Å². The Hall–Kier alpha value is -3.36. The monoisotopic (exact) mass is 764 g/mol. The summed E-state index contributed by atoms with van der Waals surface area (Å²) in [5, 5.41) is 41.6. The molecule has 54 heavy (non-hydrogen) atoms. The van der Waals surface area contributed by atoms with Gasteiger partial charge in [0.2, 0.25) is 5.78 Å². The molecule has 0 spiro atoms. The number of aliphatic carboxylic acids is 2. The van der Waals surface area contributed by atoms with Gasteiger partial charge in [-0.3, -0.25) is 24.0 Å². The molecule has 14 atom stereocenters. The molecule has 0 radical (unpaired) electrons. The van der Waals surface area contributed by atoms with Crippen molar-refractivity contribution in [3.8, 4) is 0 Å². The quantitative estimate of drug-likeness (QED) is 0.210. The van der Waals surface area contributed by atoms with E-state index in [1.165, 1.54) is 13.8 Å². The van der Waals surface area contributed by atoms with Crippen molar-refractivity contribution in [3.63, 3.8) is 0 Å². The third kappa shape index (κ3) is 6.88. The zero-order valence-electron chi connectivity index (χ0n) is 33.2. The van der Waals surface area contributed by atoms with Gasteiger partial charge in [0.05, 0.1) is 17.9 Å². The molecule has 0 aromatic carbocycles. The topological polar surface area (TPSA) is 220 Å². The molecule has 1 heterocycles. The number of rotatable bonds is 7. The summed E-state index contributed by atoms with van der Waals surface area (Å²) in [6, 6.07) is 0. The Balaban J connectivity index is 0.000000650. The molecule has 0 bridgehead atoms. The average molecular weight is 765 g/mol. The Morgan fingerprint density at radius 3 is 2.04 bits per heavy atom. The Bertz CT molecular complexity index is 1540. The summed E-state index contributed by atoms with van der Waals surface area (Å²) in [7, 11) is 1.60. The lowest BCUT2D eigenvalue weighted by Crippen LogP contribution is -2.72. The predicted molar refractivity (Wildman–Crippen MR) is 191 cm³/mol. The molecule has 1 saturated heterocycles. The third-order valence-corrected chi connectivity index (χ3v) is 13.7. The maximum Gasteiger partial charge on any atom is 0.341 e. The van der Waals surface area contributed by atoms with Gasteiger partial charge in [-0.2, -0.15) is 0 Å². The molecular formula is C40H60O14. The van der Waals surface area contributed by atoms with Crippen molar-refractivity contribution in [1.29, 1.82) is 0 Å². The van der Waals surface area contributed by atoms with Gasteiger partial charge in [-0.15, -0.1) is 0 Å². The minimum Gasteiger partial charge on any atom is -0.481 e. The number of hydrogen-bond acceptors (Lipinski definition) is 12. The third-order valence-electron chi connectivity index (χ3n) is 13.7. The summed E-state index contributed by atoms with van der Waals surface area (Å²) in [6.45, 7) is 15.8. The highest BCUT2D eigenvalue weighted by molar-refractivity contribution is 5.95. The summed E-state index contributed by atoms with van der Waals surface area (Å²) in [4.78, 5) is 74.8. The normalized spacial score (nSPS) is 42.8. The van der Waals surface area contributed by atoms with Crippen molar-refractivity contribution in [2.45, 2.75) is 137 Å². The van der Waals surface area contributed by atoms with E-state index in [2.05, 4.69) is 0 Å². The molecule has 6 aliphatic rings. The predicted octanol–water partition coefficient (Wildman–Crippen LogP) is 4.32. The molecule has 4 saturated carbocycles. The average Bonchev–Trinajstić information content (AvgIpc) is 3.46. The van der Waals surface area contributed by atoms with Crippen molar-refractivity contribution in [2.75, 3.05) is 7.11 Å². The fourth-order valence-corrected chi connectivity index (χ4v) is 11.7. The van der Waals surface area contributed by atoms with Gasteiger partial charge in [0.15, 0.2) is 12.2 Å². The number of carboxylic acid groups (broad SMARTS) is 2. The van der Waals surface area contributed by atoms with Crippen LogP contribution >= 0.6 is 0 Å². The van der Waals surface area contributed by atoms with Crippen molar-refractivity contribution < 1.29 is 68.1 Å². The molecule has 12 unspecified atom stereocenters. The molecule has 6 rings (SSSR count). The number of fused-ring (bicyclic) bond motifs is 9. The van der Waals surface area contributed by atoms with E-state index in [9.17, 15) is 44.1 Å². The highest BCUT2D eigenvalue weighted by Crippen LogP contribution is 2.74. The lowest BCUT2D eigenvalue weighted by Gasteiger charge is -2.64. The van der Waals surface area contributed by atoms with Crippen molar-refractivity contribution in [1.82, 2.24) is 0 Å². The van der Waals surface area contributed by atoms with Gasteiger partial charge in [-0.05, 0) is 74.2 Å². The van der Waals surface area contributed by atoms with Crippen LogP contribution in [0.15, 0.2) is 11.8 Å². The molecular weight excluding hydrogens is 704 g/mol. The van der Waals surface area contributed by atoms with Crippen LogP contribution in [-0.4, -0.2) is 93.2 Å². The van der Waals surface area contributed by atoms with Gasteiger partial charge in [0.1, 0.15) is 17.5 Å². The van der Waals surface area contributed by atoms with E-state index in [0.717, 1.165) is 0 Å². The number of allylic oxidation sites excluding steroid dienone is 1. The number of hydrogen-bond donors (Lipinski definition) is 4. The smallest absolute Gasteiger partial charge is 0.341 e. The fraction of sp³-hybridized carbons (Fsp3) is 0.800. The van der Waals surface area contributed by atoms with Crippen LogP contribution in [0, 0.1) is 57.7 Å². The van der Waals surface area contributed by atoms with Crippen LogP contribution in [0.2, 0.25) is 0 Å². The van der Waals surface area contributed by atoms with Crippen molar-refractivity contribution >= 4 is 35.6 Å². The summed E-state index contributed by atoms with van der Waals surface area (Å²) in [5.74, 6) is -7.80. The second-order valence-electron chi connectivity index (χ2n) is 17.0. The first-order valence-electron chi connectivity index (χ1n) is 19.3. The van der Waals surface area contributed by atoms with Crippen molar-refractivity contribution in [3.05, 3.63) is 11.8 Å². The van der Waals surface area contributed by atoms with E-state index in [1.807, 2.05) is 41.5 Å². The largest absolute Gasteiger partial charge is 0.481 e. The molecule has 1 aliphatic heterocycles. The first kappa shape index (κ1) is 43.4. The highest BCUT2D eigenvalue weighted by atomic mass is 16.6. The molecule has 14 nitrogen and oxygen atoms in total. The van der Waals surface area contributed by atoms with E-state index in [4.69, 9.17) is 24.1 Å². The molecule has 0 amide bonds. The highest BCUT2D eigenvalue weighted by Gasteiger charge is 2.78. The molecule has 0 aromatic heterocycles. The Morgan fingerprint density at radius 2 is 1.54 bits per heavy atom. The number of esters is 3. The van der Waals surface area contributed by atoms with Crippen LogP contribution in [-0.2, 0) is 47.7 Å². The molecule has 5 fully saturated rings. The summed E-state index contributed by atoms with van der Waals surface area (Å²) in [5.41, 5.74) is -4.89. The summed E-state index contributed by atoms with van der Waals surface area (Å²) in [6.07, 6.45) is -0.526. The minimum atomic E-state index is -1.78. The Kier molecular flexibility index (Phi) is 12.6. The zero-order valence-corrected chi connectivity index (χ0v) is 33.2. The fourth-order valence-electron chi connectivity index (χ4n) is 11.7. The molecule has 4 N–H and O–H groups in total. The van der Waals surface area contributed by atoms with Gasteiger partial charge >= 0.3 is 29.8 Å². The standard InChI is InChI=1S/C33H44O12.C5H10O2.C2H6/c1-14(34)43-25-21-18(31(4)13-17(42-6)7-10-33(31,41)27(25)38)8-9-30(3)22-16(12-20(36)37)11-19-32(5,28(39)29(40)45-19)24(22)26(23(21)30)44-15(2)35;1-4(2)3-5(6)7;1-2/h11,16-18,21-26,28,39,41H,7-10,12-13H2,1-6H3,(H,36,37);4H,3H2,1-2H3,(H,6,7);1-2H3/t16-,17-,18?,21?,22?,23?,24?,25?,26?,28?,30?,31?,32?,33?;;/m0../s1. The number of Topliss-reactive ketones (excluding diaryl/α,β-unsaturated/α-hetero) is 1. The number of ether oxygens (including phenoxy) is 4. The Morgan fingerprint density at radius 1 is 0.926 bits per heavy atom. The van der Waals surface area contributed by atoms with Gasteiger partial charge in [0.25, 0.3) is 0 Å². The maximum absolute atomic E-state index is 14.5. The Labute approximate surface area is 317 Å². The number of carboxylic acids is 2. The lowest BCUT2D eigenvalue weighted by atomic mass is 9.41.